The number of aryl methyl sites for hydroxylation is 2. The van der Waals surface area contributed by atoms with Gasteiger partial charge in [0.05, 0.1) is 16.3 Å². The van der Waals surface area contributed by atoms with E-state index in [1.807, 2.05) is 36.7 Å². The Balaban J connectivity index is 1.31. The van der Waals surface area contributed by atoms with Gasteiger partial charge in [0.15, 0.2) is 5.65 Å². The third-order valence-electron chi connectivity index (χ3n) is 5.74. The Bertz CT molecular complexity index is 1480. The number of hydrogen-bond acceptors (Lipinski definition) is 5. The number of benzene rings is 2. The molecule has 1 aliphatic heterocycles. The van der Waals surface area contributed by atoms with Gasteiger partial charge < -0.3 is 4.90 Å². The molecule has 1 amide bonds. The number of hydrogen-bond donors (Lipinski definition) is 1. The molecular weight excluding hydrogens is 438 g/mol. The molecule has 0 unspecified atom stereocenters. The van der Waals surface area contributed by atoms with E-state index in [9.17, 15) is 13.2 Å². The average Bonchev–Trinajstić information content (AvgIpc) is 3.19. The molecular formula is C24H23N5O3S. The summed E-state index contributed by atoms with van der Waals surface area (Å²) in [5.74, 6) is -0.106. The molecule has 3 heterocycles. The van der Waals surface area contributed by atoms with Crippen LogP contribution in [0.4, 0.5) is 5.69 Å². The molecule has 8 nitrogen and oxygen atoms in total. The molecule has 1 N–H and O–H groups in total. The smallest absolute Gasteiger partial charge is 0.261 e. The first-order valence-corrected chi connectivity index (χ1v) is 12.1. The lowest BCUT2D eigenvalue weighted by atomic mass is 10.1. The van der Waals surface area contributed by atoms with Gasteiger partial charge in [0, 0.05) is 48.6 Å². The van der Waals surface area contributed by atoms with Gasteiger partial charge in [-0.3, -0.25) is 9.52 Å². The van der Waals surface area contributed by atoms with Gasteiger partial charge in [-0.1, -0.05) is 12.1 Å². The topological polar surface area (TPSA) is 96.7 Å². The standard InChI is InChI=1S/C24H23N5O3S/c1-16-4-3-5-21(12-16)33(31,32)27-20-8-6-18(7-9-20)24(30)28-11-10-22-19(15-28)14-25-23-13-17(2)26-29(22)23/h3-9,12-14,27H,10-11,15H2,1-2H3. The number of sulfonamides is 1. The van der Waals surface area contributed by atoms with Crippen molar-refractivity contribution >= 4 is 27.3 Å². The van der Waals surface area contributed by atoms with Crippen molar-refractivity contribution in [2.75, 3.05) is 11.3 Å². The van der Waals surface area contributed by atoms with E-state index >= 15 is 0 Å². The van der Waals surface area contributed by atoms with Gasteiger partial charge in [-0.15, -0.1) is 0 Å². The van der Waals surface area contributed by atoms with Gasteiger partial charge >= 0.3 is 0 Å². The van der Waals surface area contributed by atoms with Crippen molar-refractivity contribution < 1.29 is 13.2 Å². The molecule has 0 bridgehead atoms. The summed E-state index contributed by atoms with van der Waals surface area (Å²) in [6, 6.07) is 15.1. The Labute approximate surface area is 191 Å². The second kappa shape index (κ2) is 8.00. The minimum atomic E-state index is -3.70. The molecule has 1 aliphatic rings. The molecule has 0 spiro atoms. The van der Waals surface area contributed by atoms with Crippen LogP contribution in [0, 0.1) is 13.8 Å². The number of nitrogens with one attached hydrogen (secondary N) is 1. The summed E-state index contributed by atoms with van der Waals surface area (Å²) in [4.78, 5) is 19.5. The molecule has 2 aromatic carbocycles. The lowest BCUT2D eigenvalue weighted by Gasteiger charge is -2.29. The summed E-state index contributed by atoms with van der Waals surface area (Å²) in [6.45, 7) is 4.81. The molecule has 9 heteroatoms. The van der Waals surface area contributed by atoms with E-state index in [0.29, 0.717) is 30.8 Å². The lowest BCUT2D eigenvalue weighted by Crippen LogP contribution is -2.37. The Morgan fingerprint density at radius 3 is 2.61 bits per heavy atom. The third-order valence-corrected chi connectivity index (χ3v) is 7.12. The van der Waals surface area contributed by atoms with Crippen LogP contribution in [0.3, 0.4) is 0 Å². The molecule has 2 aromatic heterocycles. The molecule has 5 rings (SSSR count). The molecule has 0 saturated carbocycles. The summed E-state index contributed by atoms with van der Waals surface area (Å²) < 4.78 is 29.7. The van der Waals surface area contributed by atoms with Crippen molar-refractivity contribution in [2.24, 2.45) is 0 Å². The highest BCUT2D eigenvalue weighted by molar-refractivity contribution is 7.92. The zero-order valence-electron chi connectivity index (χ0n) is 18.3. The van der Waals surface area contributed by atoms with Crippen molar-refractivity contribution in [1.29, 1.82) is 0 Å². The van der Waals surface area contributed by atoms with Crippen molar-refractivity contribution in [1.82, 2.24) is 19.5 Å². The average molecular weight is 462 g/mol. The van der Waals surface area contributed by atoms with Gasteiger partial charge in [0.25, 0.3) is 15.9 Å². The van der Waals surface area contributed by atoms with Crippen LogP contribution in [-0.4, -0.2) is 40.4 Å². The number of aromatic nitrogens is 3. The molecule has 0 atom stereocenters. The maximum absolute atomic E-state index is 13.1. The maximum atomic E-state index is 13.1. The normalized spacial score (nSPS) is 13.7. The number of fused-ring (bicyclic) bond motifs is 3. The number of rotatable bonds is 4. The van der Waals surface area contributed by atoms with Gasteiger partial charge in [0.2, 0.25) is 0 Å². The van der Waals surface area contributed by atoms with Crippen LogP contribution >= 0.6 is 0 Å². The number of anilines is 1. The van der Waals surface area contributed by atoms with Crippen molar-refractivity contribution in [3.05, 3.63) is 88.9 Å². The minimum absolute atomic E-state index is 0.106. The van der Waals surface area contributed by atoms with Crippen molar-refractivity contribution in [2.45, 2.75) is 31.7 Å². The van der Waals surface area contributed by atoms with Gasteiger partial charge in [0.1, 0.15) is 0 Å². The largest absolute Gasteiger partial charge is 0.334 e. The summed E-state index contributed by atoms with van der Waals surface area (Å²) >= 11 is 0. The molecule has 0 fully saturated rings. The number of nitrogens with zero attached hydrogens (tertiary/aromatic N) is 4. The first-order valence-electron chi connectivity index (χ1n) is 10.6. The quantitative estimate of drug-likeness (QED) is 0.503. The number of carbonyl (C=O) groups excluding carboxylic acids is 1. The molecule has 168 valence electrons. The monoisotopic (exact) mass is 461 g/mol. The SMILES string of the molecule is Cc1cccc(S(=O)(=O)Nc2ccc(C(=O)N3CCc4c(cnc5cc(C)nn45)C3)cc2)c1. The first kappa shape index (κ1) is 21.1. The van der Waals surface area contributed by atoms with E-state index in [-0.39, 0.29) is 10.8 Å². The van der Waals surface area contributed by atoms with Crippen LogP contribution in [0.2, 0.25) is 0 Å². The van der Waals surface area contributed by atoms with E-state index in [1.54, 1.807) is 47.4 Å². The van der Waals surface area contributed by atoms with Crippen molar-refractivity contribution in [3.8, 4) is 0 Å². The first-order chi connectivity index (χ1) is 15.8. The van der Waals surface area contributed by atoms with Crippen LogP contribution in [0.5, 0.6) is 0 Å². The third kappa shape index (κ3) is 4.07. The number of amides is 1. The molecule has 0 saturated heterocycles. The fraction of sp³-hybridized carbons (Fsp3) is 0.208. The van der Waals surface area contributed by atoms with Crippen LogP contribution in [0.25, 0.3) is 5.65 Å². The Morgan fingerprint density at radius 2 is 1.85 bits per heavy atom. The van der Waals surface area contributed by atoms with Crippen LogP contribution in [-0.2, 0) is 23.0 Å². The summed E-state index contributed by atoms with van der Waals surface area (Å²) in [5.41, 5.74) is 5.55. The molecule has 4 aromatic rings. The zero-order valence-corrected chi connectivity index (χ0v) is 19.1. The number of carbonyl (C=O) groups is 1. The van der Waals surface area contributed by atoms with E-state index < -0.39 is 10.0 Å². The van der Waals surface area contributed by atoms with Crippen LogP contribution in [0.15, 0.2) is 65.7 Å². The molecule has 33 heavy (non-hydrogen) atoms. The van der Waals surface area contributed by atoms with E-state index in [4.69, 9.17) is 0 Å². The maximum Gasteiger partial charge on any atom is 0.261 e. The zero-order chi connectivity index (χ0) is 23.2. The lowest BCUT2D eigenvalue weighted by molar-refractivity contribution is 0.0732. The highest BCUT2D eigenvalue weighted by atomic mass is 32.2. The fourth-order valence-electron chi connectivity index (χ4n) is 4.09. The molecule has 0 radical (unpaired) electrons. The fourth-order valence-corrected chi connectivity index (χ4v) is 5.25. The van der Waals surface area contributed by atoms with Gasteiger partial charge in [-0.05, 0) is 55.8 Å². The van der Waals surface area contributed by atoms with Crippen molar-refractivity contribution in [3.63, 3.8) is 0 Å². The van der Waals surface area contributed by atoms with Crippen LogP contribution < -0.4 is 4.72 Å². The highest BCUT2D eigenvalue weighted by Gasteiger charge is 2.24. The predicted molar refractivity (Wildman–Crippen MR) is 125 cm³/mol. The van der Waals surface area contributed by atoms with Gasteiger partial charge in [-0.25, -0.2) is 17.9 Å². The van der Waals surface area contributed by atoms with Crippen LogP contribution in [0.1, 0.15) is 32.9 Å². The Kier molecular flexibility index (Phi) is 5.13. The second-order valence-corrected chi connectivity index (χ2v) is 9.94. The Morgan fingerprint density at radius 1 is 1.06 bits per heavy atom. The van der Waals surface area contributed by atoms with E-state index in [0.717, 1.165) is 28.2 Å². The highest BCUT2D eigenvalue weighted by Crippen LogP contribution is 2.23. The summed E-state index contributed by atoms with van der Waals surface area (Å²) in [6.07, 6.45) is 2.50. The van der Waals surface area contributed by atoms with Gasteiger partial charge in [-0.2, -0.15) is 5.10 Å². The Hall–Kier alpha value is -3.72. The minimum Gasteiger partial charge on any atom is -0.334 e. The van der Waals surface area contributed by atoms with E-state index in [2.05, 4.69) is 14.8 Å². The summed E-state index contributed by atoms with van der Waals surface area (Å²) in [5, 5.41) is 4.51. The van der Waals surface area contributed by atoms with E-state index in [1.165, 1.54) is 0 Å². The predicted octanol–water partition coefficient (Wildman–Crippen LogP) is 3.35. The molecule has 0 aliphatic carbocycles. The summed E-state index contributed by atoms with van der Waals surface area (Å²) in [7, 11) is -3.70. The second-order valence-electron chi connectivity index (χ2n) is 8.26.